The standard InChI is InChI=1S/C12H17FN2O3S/c1-18-9-4-5-11(13)12(7-9)15-19(16,17)10-3-2-6-14-8-10/h4-5,7,10,14-15H,2-3,6,8H2,1H3. The monoisotopic (exact) mass is 288 g/mol. The summed E-state index contributed by atoms with van der Waals surface area (Å²) in [5, 5.41) is 2.49. The van der Waals surface area contributed by atoms with Gasteiger partial charge in [-0.3, -0.25) is 4.72 Å². The van der Waals surface area contributed by atoms with Crippen LogP contribution in [0.1, 0.15) is 12.8 Å². The van der Waals surface area contributed by atoms with Crippen LogP contribution in [-0.2, 0) is 10.0 Å². The van der Waals surface area contributed by atoms with E-state index in [1.165, 1.54) is 25.3 Å². The van der Waals surface area contributed by atoms with Crippen LogP contribution in [0.5, 0.6) is 5.75 Å². The zero-order chi connectivity index (χ0) is 13.9. The van der Waals surface area contributed by atoms with Crippen molar-refractivity contribution in [1.29, 1.82) is 0 Å². The topological polar surface area (TPSA) is 67.4 Å². The lowest BCUT2D eigenvalue weighted by Crippen LogP contribution is -2.41. The number of anilines is 1. The molecule has 1 atom stereocenters. The molecule has 106 valence electrons. The summed E-state index contributed by atoms with van der Waals surface area (Å²) in [5.74, 6) is -0.214. The third-order valence-electron chi connectivity index (χ3n) is 3.12. The Morgan fingerprint density at radius 1 is 1.47 bits per heavy atom. The average molecular weight is 288 g/mol. The first-order valence-electron chi connectivity index (χ1n) is 6.09. The molecular weight excluding hydrogens is 271 g/mol. The molecule has 0 radical (unpaired) electrons. The number of rotatable bonds is 4. The van der Waals surface area contributed by atoms with Gasteiger partial charge in [0.25, 0.3) is 0 Å². The summed E-state index contributed by atoms with van der Waals surface area (Å²) in [6.45, 7) is 1.21. The molecule has 5 nitrogen and oxygen atoms in total. The molecule has 0 aromatic heterocycles. The Labute approximate surface area is 112 Å². The Balaban J connectivity index is 2.19. The molecule has 2 N–H and O–H groups in total. The van der Waals surface area contributed by atoms with Crippen LogP contribution in [0.2, 0.25) is 0 Å². The fraction of sp³-hybridized carbons (Fsp3) is 0.500. The Morgan fingerprint density at radius 2 is 2.26 bits per heavy atom. The summed E-state index contributed by atoms with van der Waals surface area (Å²) in [5.41, 5.74) is -0.0788. The molecule has 19 heavy (non-hydrogen) atoms. The van der Waals surface area contributed by atoms with Gasteiger partial charge in [-0.1, -0.05) is 0 Å². The molecule has 0 saturated carbocycles. The maximum atomic E-state index is 13.6. The second kappa shape index (κ2) is 5.75. The van der Waals surface area contributed by atoms with Crippen LogP contribution >= 0.6 is 0 Å². The van der Waals surface area contributed by atoms with Crippen LogP contribution in [0.15, 0.2) is 18.2 Å². The minimum absolute atomic E-state index is 0.0788. The highest BCUT2D eigenvalue weighted by molar-refractivity contribution is 7.93. The number of halogens is 1. The van der Waals surface area contributed by atoms with Gasteiger partial charge in [-0.2, -0.15) is 0 Å². The minimum atomic E-state index is -3.59. The lowest BCUT2D eigenvalue weighted by molar-refractivity contribution is 0.414. The number of benzene rings is 1. The van der Waals surface area contributed by atoms with E-state index in [2.05, 4.69) is 10.0 Å². The van der Waals surface area contributed by atoms with Crippen molar-refractivity contribution in [3.63, 3.8) is 0 Å². The van der Waals surface area contributed by atoms with Crippen LogP contribution in [0, 0.1) is 5.82 Å². The van der Waals surface area contributed by atoms with Crippen molar-refractivity contribution < 1.29 is 17.5 Å². The molecule has 0 amide bonds. The van der Waals surface area contributed by atoms with Crippen molar-refractivity contribution in [1.82, 2.24) is 5.32 Å². The summed E-state index contributed by atoms with van der Waals surface area (Å²) in [6, 6.07) is 3.95. The molecule has 1 saturated heterocycles. The Morgan fingerprint density at radius 3 is 2.89 bits per heavy atom. The lowest BCUT2D eigenvalue weighted by Gasteiger charge is -2.23. The van der Waals surface area contributed by atoms with Crippen molar-refractivity contribution in [3.8, 4) is 5.75 Å². The molecule has 1 heterocycles. The van der Waals surface area contributed by atoms with E-state index in [0.717, 1.165) is 13.0 Å². The summed E-state index contributed by atoms with van der Waals surface area (Å²) in [6.07, 6.45) is 1.38. The summed E-state index contributed by atoms with van der Waals surface area (Å²) < 4.78 is 45.2. The van der Waals surface area contributed by atoms with E-state index in [1.807, 2.05) is 0 Å². The maximum Gasteiger partial charge on any atom is 0.236 e. The number of piperidine rings is 1. The van der Waals surface area contributed by atoms with Crippen molar-refractivity contribution in [2.24, 2.45) is 0 Å². The largest absolute Gasteiger partial charge is 0.497 e. The van der Waals surface area contributed by atoms with E-state index >= 15 is 0 Å². The molecule has 2 rings (SSSR count). The van der Waals surface area contributed by atoms with Crippen molar-refractivity contribution in [2.75, 3.05) is 24.9 Å². The van der Waals surface area contributed by atoms with Crippen LogP contribution in [0.4, 0.5) is 10.1 Å². The second-order valence-corrected chi connectivity index (χ2v) is 6.42. The highest BCUT2D eigenvalue weighted by atomic mass is 32.2. The summed E-state index contributed by atoms with van der Waals surface area (Å²) in [4.78, 5) is 0. The summed E-state index contributed by atoms with van der Waals surface area (Å²) in [7, 11) is -2.15. The predicted octanol–water partition coefficient (Wildman–Crippen LogP) is 1.33. The van der Waals surface area contributed by atoms with Gasteiger partial charge in [0.1, 0.15) is 11.6 Å². The minimum Gasteiger partial charge on any atom is -0.497 e. The molecule has 1 fully saturated rings. The molecule has 0 spiro atoms. The number of hydrogen-bond acceptors (Lipinski definition) is 4. The number of ether oxygens (including phenoxy) is 1. The number of sulfonamides is 1. The van der Waals surface area contributed by atoms with Gasteiger partial charge in [0.2, 0.25) is 10.0 Å². The van der Waals surface area contributed by atoms with Crippen molar-refractivity contribution in [3.05, 3.63) is 24.0 Å². The Hall–Kier alpha value is -1.34. The third kappa shape index (κ3) is 3.36. The summed E-state index contributed by atoms with van der Waals surface area (Å²) >= 11 is 0. The van der Waals surface area contributed by atoms with Gasteiger partial charge in [-0.05, 0) is 31.5 Å². The van der Waals surface area contributed by atoms with E-state index in [-0.39, 0.29) is 5.69 Å². The van der Waals surface area contributed by atoms with E-state index in [9.17, 15) is 12.8 Å². The van der Waals surface area contributed by atoms with Crippen LogP contribution < -0.4 is 14.8 Å². The highest BCUT2D eigenvalue weighted by Crippen LogP contribution is 2.24. The lowest BCUT2D eigenvalue weighted by atomic mass is 10.2. The normalized spacial score (nSPS) is 20.0. The predicted molar refractivity (Wildman–Crippen MR) is 71.4 cm³/mol. The van der Waals surface area contributed by atoms with Gasteiger partial charge >= 0.3 is 0 Å². The van der Waals surface area contributed by atoms with E-state index in [0.29, 0.717) is 18.7 Å². The maximum absolute atomic E-state index is 13.6. The van der Waals surface area contributed by atoms with Crippen molar-refractivity contribution in [2.45, 2.75) is 18.1 Å². The van der Waals surface area contributed by atoms with E-state index in [1.54, 1.807) is 0 Å². The average Bonchev–Trinajstić information content (AvgIpc) is 2.42. The van der Waals surface area contributed by atoms with E-state index in [4.69, 9.17) is 4.74 Å². The molecule has 1 aliphatic rings. The van der Waals surface area contributed by atoms with Gasteiger partial charge in [0.05, 0.1) is 18.0 Å². The zero-order valence-electron chi connectivity index (χ0n) is 10.6. The van der Waals surface area contributed by atoms with Gasteiger partial charge < -0.3 is 10.1 Å². The Kier molecular flexibility index (Phi) is 4.26. The molecule has 0 aliphatic carbocycles. The SMILES string of the molecule is COc1ccc(F)c(NS(=O)(=O)C2CCCNC2)c1. The molecule has 1 aromatic carbocycles. The second-order valence-electron chi connectivity index (χ2n) is 4.46. The van der Waals surface area contributed by atoms with Gasteiger partial charge in [0.15, 0.2) is 0 Å². The third-order valence-corrected chi connectivity index (χ3v) is 4.90. The number of hydrogen-bond donors (Lipinski definition) is 2. The van der Waals surface area contributed by atoms with Crippen LogP contribution in [-0.4, -0.2) is 33.9 Å². The van der Waals surface area contributed by atoms with Crippen LogP contribution in [0.25, 0.3) is 0 Å². The van der Waals surface area contributed by atoms with Crippen molar-refractivity contribution >= 4 is 15.7 Å². The molecule has 1 aliphatic heterocycles. The fourth-order valence-electron chi connectivity index (χ4n) is 2.03. The van der Waals surface area contributed by atoms with Crippen LogP contribution in [0.3, 0.4) is 0 Å². The molecule has 1 unspecified atom stereocenters. The smallest absolute Gasteiger partial charge is 0.236 e. The molecule has 7 heteroatoms. The van der Waals surface area contributed by atoms with Gasteiger partial charge in [-0.15, -0.1) is 0 Å². The fourth-order valence-corrected chi connectivity index (χ4v) is 3.47. The molecule has 0 bridgehead atoms. The van der Waals surface area contributed by atoms with E-state index < -0.39 is 21.1 Å². The number of methoxy groups -OCH3 is 1. The first-order valence-corrected chi connectivity index (χ1v) is 7.63. The molecular formula is C12H17FN2O3S. The zero-order valence-corrected chi connectivity index (χ0v) is 11.5. The van der Waals surface area contributed by atoms with Gasteiger partial charge in [-0.25, -0.2) is 12.8 Å². The first kappa shape index (κ1) is 14.1. The Bertz CT molecular complexity index is 542. The first-order chi connectivity index (χ1) is 9.03. The van der Waals surface area contributed by atoms with Gasteiger partial charge in [0, 0.05) is 12.6 Å². The molecule has 1 aromatic rings. The highest BCUT2D eigenvalue weighted by Gasteiger charge is 2.27. The number of nitrogens with one attached hydrogen (secondary N) is 2. The quantitative estimate of drug-likeness (QED) is 0.877.